The molecule has 2 aromatic rings. The zero-order valence-corrected chi connectivity index (χ0v) is 13.6. The van der Waals surface area contributed by atoms with E-state index < -0.39 is 5.38 Å². The Kier molecular flexibility index (Phi) is 3.76. The Hall–Kier alpha value is -1.39. The zero-order valence-electron chi connectivity index (χ0n) is 11.2. The number of hydrogen-bond donors (Lipinski definition) is 0. The third kappa shape index (κ3) is 2.58. The van der Waals surface area contributed by atoms with E-state index >= 15 is 0 Å². The van der Waals surface area contributed by atoms with Crippen LogP contribution in [0.5, 0.6) is 0 Å². The van der Waals surface area contributed by atoms with E-state index in [1.165, 1.54) is 6.07 Å². The van der Waals surface area contributed by atoms with Crippen LogP contribution in [0.15, 0.2) is 40.9 Å². The van der Waals surface area contributed by atoms with Gasteiger partial charge in [-0.3, -0.25) is 4.79 Å². The van der Waals surface area contributed by atoms with E-state index in [4.69, 9.17) is 11.6 Å². The number of fused-ring (bicyclic) bond motifs is 1. The Morgan fingerprint density at radius 2 is 2.05 bits per heavy atom. The highest BCUT2D eigenvalue weighted by Crippen LogP contribution is 2.36. The molecular formula is C16H12BrClFNO. The second-order valence-corrected chi connectivity index (χ2v) is 6.40. The monoisotopic (exact) mass is 367 g/mol. The van der Waals surface area contributed by atoms with Crippen molar-refractivity contribution in [3.8, 4) is 0 Å². The molecule has 0 radical (unpaired) electrons. The van der Waals surface area contributed by atoms with Crippen molar-refractivity contribution in [2.45, 2.75) is 11.8 Å². The lowest BCUT2D eigenvalue weighted by Gasteiger charge is -2.14. The van der Waals surface area contributed by atoms with Crippen LogP contribution in [0.4, 0.5) is 10.1 Å². The smallest absolute Gasteiger partial charge is 0.231 e. The van der Waals surface area contributed by atoms with Gasteiger partial charge in [-0.05, 0) is 29.3 Å². The van der Waals surface area contributed by atoms with Crippen molar-refractivity contribution in [1.82, 2.24) is 0 Å². The number of rotatable bonds is 2. The maximum atomic E-state index is 14.0. The summed E-state index contributed by atoms with van der Waals surface area (Å²) in [6.07, 6.45) is 0.367. The molecule has 0 saturated heterocycles. The highest BCUT2D eigenvalue weighted by molar-refractivity contribution is 9.10. The van der Waals surface area contributed by atoms with Crippen LogP contribution in [0.2, 0.25) is 0 Å². The first-order valence-corrected chi connectivity index (χ1v) is 7.68. The number of carbonyl (C=O) groups is 1. The van der Waals surface area contributed by atoms with Crippen LogP contribution in [0.3, 0.4) is 0 Å². The molecule has 2 nitrogen and oxygen atoms in total. The zero-order chi connectivity index (χ0) is 15.1. The predicted molar refractivity (Wildman–Crippen MR) is 85.4 cm³/mol. The summed E-state index contributed by atoms with van der Waals surface area (Å²) in [6, 6.07) is 10.4. The van der Waals surface area contributed by atoms with Crippen LogP contribution >= 0.6 is 27.5 Å². The lowest BCUT2D eigenvalue weighted by atomic mass is 10.0. The maximum Gasteiger partial charge on any atom is 0.231 e. The summed E-state index contributed by atoms with van der Waals surface area (Å²) >= 11 is 9.64. The second-order valence-electron chi connectivity index (χ2n) is 5.05. The summed E-state index contributed by atoms with van der Waals surface area (Å²) in [5.41, 5.74) is 3.05. The number of likely N-dealkylation sites (N-methyl/N-ethyl adjacent to an activating group) is 1. The highest BCUT2D eigenvalue weighted by Gasteiger charge is 2.25. The normalized spacial score (nSPS) is 15.2. The summed E-state index contributed by atoms with van der Waals surface area (Å²) in [5.74, 6) is -0.291. The van der Waals surface area contributed by atoms with Gasteiger partial charge in [0, 0.05) is 22.8 Å². The molecule has 3 rings (SSSR count). The van der Waals surface area contributed by atoms with E-state index in [0.717, 1.165) is 16.8 Å². The number of alkyl halides is 1. The minimum atomic E-state index is -0.579. The van der Waals surface area contributed by atoms with E-state index in [1.807, 2.05) is 18.2 Å². The topological polar surface area (TPSA) is 20.3 Å². The van der Waals surface area contributed by atoms with Gasteiger partial charge in [0.25, 0.3) is 0 Å². The first-order chi connectivity index (χ1) is 9.97. The lowest BCUT2D eigenvalue weighted by molar-refractivity contribution is -0.117. The van der Waals surface area contributed by atoms with Gasteiger partial charge in [-0.25, -0.2) is 4.39 Å². The van der Waals surface area contributed by atoms with E-state index in [9.17, 15) is 9.18 Å². The fourth-order valence-electron chi connectivity index (χ4n) is 2.53. The van der Waals surface area contributed by atoms with E-state index in [2.05, 4.69) is 15.9 Å². The summed E-state index contributed by atoms with van der Waals surface area (Å²) < 4.78 is 14.7. The fourth-order valence-corrected chi connectivity index (χ4v) is 3.18. The van der Waals surface area contributed by atoms with Crippen molar-refractivity contribution in [2.75, 3.05) is 11.9 Å². The molecular weight excluding hydrogens is 357 g/mol. The van der Waals surface area contributed by atoms with Gasteiger partial charge in [-0.2, -0.15) is 0 Å². The molecule has 1 aliphatic heterocycles. The Balaban J connectivity index is 1.98. The minimum Gasteiger partial charge on any atom is -0.315 e. The Morgan fingerprint density at radius 3 is 2.76 bits per heavy atom. The van der Waals surface area contributed by atoms with Gasteiger partial charge in [0.05, 0.1) is 11.8 Å². The largest absolute Gasteiger partial charge is 0.315 e. The summed E-state index contributed by atoms with van der Waals surface area (Å²) in [7, 11) is 1.75. The number of nitrogens with zero attached hydrogens (tertiary/aromatic N) is 1. The van der Waals surface area contributed by atoms with Gasteiger partial charge in [0.2, 0.25) is 5.91 Å². The van der Waals surface area contributed by atoms with Crippen molar-refractivity contribution in [3.63, 3.8) is 0 Å². The van der Waals surface area contributed by atoms with Crippen molar-refractivity contribution >= 4 is 39.1 Å². The molecule has 0 aromatic heterocycles. The average molecular weight is 369 g/mol. The van der Waals surface area contributed by atoms with Gasteiger partial charge in [0.1, 0.15) is 5.82 Å². The summed E-state index contributed by atoms with van der Waals surface area (Å²) in [6.45, 7) is 0. The van der Waals surface area contributed by atoms with E-state index in [1.54, 1.807) is 24.1 Å². The predicted octanol–water partition coefficient (Wildman–Crippen LogP) is 4.44. The van der Waals surface area contributed by atoms with Crippen molar-refractivity contribution in [2.24, 2.45) is 0 Å². The third-order valence-electron chi connectivity index (χ3n) is 3.71. The van der Waals surface area contributed by atoms with E-state index in [0.29, 0.717) is 16.5 Å². The number of carbonyl (C=O) groups excluding carboxylic acids is 1. The number of benzene rings is 2. The van der Waals surface area contributed by atoms with Crippen molar-refractivity contribution < 1.29 is 9.18 Å². The molecule has 0 N–H and O–H groups in total. The van der Waals surface area contributed by atoms with Crippen LogP contribution in [0, 0.1) is 5.82 Å². The molecule has 5 heteroatoms. The Morgan fingerprint density at radius 1 is 1.29 bits per heavy atom. The molecule has 2 aromatic carbocycles. The van der Waals surface area contributed by atoms with Crippen molar-refractivity contribution in [3.05, 3.63) is 63.4 Å². The van der Waals surface area contributed by atoms with Crippen LogP contribution in [0.1, 0.15) is 22.1 Å². The van der Waals surface area contributed by atoms with Crippen molar-refractivity contribution in [1.29, 1.82) is 0 Å². The molecule has 0 aliphatic carbocycles. The third-order valence-corrected chi connectivity index (χ3v) is 4.69. The van der Waals surface area contributed by atoms with E-state index in [-0.39, 0.29) is 11.7 Å². The molecule has 21 heavy (non-hydrogen) atoms. The first-order valence-electron chi connectivity index (χ1n) is 6.46. The quantitative estimate of drug-likeness (QED) is 0.718. The molecule has 0 saturated carbocycles. The average Bonchev–Trinajstić information content (AvgIpc) is 2.73. The highest BCUT2D eigenvalue weighted by atomic mass is 79.9. The van der Waals surface area contributed by atoms with Gasteiger partial charge < -0.3 is 4.90 Å². The summed E-state index contributed by atoms with van der Waals surface area (Å²) in [5, 5.41) is -0.579. The first kappa shape index (κ1) is 14.5. The van der Waals surface area contributed by atoms with Gasteiger partial charge >= 0.3 is 0 Å². The molecule has 0 spiro atoms. The molecule has 1 amide bonds. The number of anilines is 1. The lowest BCUT2D eigenvalue weighted by Crippen LogP contribution is -2.20. The second kappa shape index (κ2) is 5.43. The maximum absolute atomic E-state index is 14.0. The number of amides is 1. The molecule has 1 aliphatic rings. The fraction of sp³-hybridized carbons (Fsp3) is 0.188. The van der Waals surface area contributed by atoms with Gasteiger partial charge in [-0.15, -0.1) is 11.6 Å². The Labute approximate surface area is 135 Å². The SMILES string of the molecule is CN1C(=O)Cc2cc(C(Cl)c3ccc(Br)cc3F)ccc21. The molecule has 0 fully saturated rings. The molecule has 1 heterocycles. The summed E-state index contributed by atoms with van der Waals surface area (Å²) in [4.78, 5) is 13.3. The minimum absolute atomic E-state index is 0.0584. The molecule has 1 atom stereocenters. The Bertz CT molecular complexity index is 734. The van der Waals surface area contributed by atoms with Crippen LogP contribution in [-0.2, 0) is 11.2 Å². The van der Waals surface area contributed by atoms with Crippen LogP contribution in [-0.4, -0.2) is 13.0 Å². The molecule has 0 bridgehead atoms. The molecule has 108 valence electrons. The number of hydrogen-bond acceptors (Lipinski definition) is 1. The van der Waals surface area contributed by atoms with Crippen LogP contribution in [0.25, 0.3) is 0 Å². The standard InChI is InChI=1S/C16H12BrClFNO/c1-20-14-5-2-9(6-10(14)7-15(20)21)16(18)12-4-3-11(17)8-13(12)19/h2-6,8,16H,7H2,1H3. The van der Waals surface area contributed by atoms with Gasteiger partial charge in [-0.1, -0.05) is 34.1 Å². The van der Waals surface area contributed by atoms with Gasteiger partial charge in [0.15, 0.2) is 0 Å². The number of halogens is 3. The van der Waals surface area contributed by atoms with Crippen LogP contribution < -0.4 is 4.90 Å². The molecule has 1 unspecified atom stereocenters.